The third-order valence-corrected chi connectivity index (χ3v) is 2.29. The molecule has 2 N–H and O–H groups in total. The van der Waals surface area contributed by atoms with E-state index >= 15 is 0 Å². The number of carbonyl (C=O) groups excluding carboxylic acids is 1. The first-order valence-corrected chi connectivity index (χ1v) is 6.26. The van der Waals surface area contributed by atoms with E-state index in [-0.39, 0.29) is 0 Å². The number of carbonyl (C=O) groups is 2. The smallest absolute Gasteiger partial charge is 0.412 e. The molecule has 1 aromatic carbocycles. The number of nitrogens with one attached hydrogen (secondary N) is 1. The van der Waals surface area contributed by atoms with Gasteiger partial charge in [-0.25, -0.2) is 9.59 Å². The van der Waals surface area contributed by atoms with Crippen molar-refractivity contribution in [2.45, 2.75) is 26.4 Å². The summed E-state index contributed by atoms with van der Waals surface area (Å²) in [7, 11) is 0. The van der Waals surface area contributed by atoms with E-state index in [9.17, 15) is 9.59 Å². The number of hydrogen-bond acceptors (Lipinski definition) is 3. The lowest BCUT2D eigenvalue weighted by Gasteiger charge is -2.20. The average Bonchev–Trinajstić information content (AvgIpc) is 2.26. The Morgan fingerprint density at radius 3 is 2.55 bits per heavy atom. The van der Waals surface area contributed by atoms with Crippen molar-refractivity contribution in [2.24, 2.45) is 0 Å². The molecule has 1 aromatic rings. The van der Waals surface area contributed by atoms with Crippen molar-refractivity contribution < 1.29 is 19.4 Å². The number of benzene rings is 1. The van der Waals surface area contributed by atoms with Gasteiger partial charge in [-0.1, -0.05) is 11.6 Å². The van der Waals surface area contributed by atoms with Crippen LogP contribution in [0.4, 0.5) is 10.5 Å². The predicted octanol–water partition coefficient (Wildman–Crippen LogP) is 3.78. The van der Waals surface area contributed by atoms with Gasteiger partial charge in [-0.15, -0.1) is 0 Å². The molecule has 0 bridgehead atoms. The van der Waals surface area contributed by atoms with E-state index in [0.717, 1.165) is 6.08 Å². The van der Waals surface area contributed by atoms with E-state index in [2.05, 4.69) is 5.32 Å². The summed E-state index contributed by atoms with van der Waals surface area (Å²) >= 11 is 5.85. The standard InChI is InChI=1S/C14H16ClNO4/c1-14(2,3)20-13(19)16-11-6-5-10(15)8-9(11)4-7-12(17)18/h4-8H,1-3H3,(H,16,19)(H,17,18)/b7-4+. The normalized spacial score (nSPS) is 11.4. The van der Waals surface area contributed by atoms with Crippen LogP contribution in [-0.4, -0.2) is 22.8 Å². The lowest BCUT2D eigenvalue weighted by atomic mass is 10.1. The fourth-order valence-corrected chi connectivity index (χ4v) is 1.54. The van der Waals surface area contributed by atoms with Crippen molar-refractivity contribution >= 4 is 35.4 Å². The first kappa shape index (κ1) is 16.0. The molecule has 0 radical (unpaired) electrons. The van der Waals surface area contributed by atoms with Crippen LogP contribution in [0.15, 0.2) is 24.3 Å². The van der Waals surface area contributed by atoms with Gasteiger partial charge in [-0.05, 0) is 50.6 Å². The predicted molar refractivity (Wildman–Crippen MR) is 78.0 cm³/mol. The minimum Gasteiger partial charge on any atom is -0.478 e. The van der Waals surface area contributed by atoms with Gasteiger partial charge in [0.2, 0.25) is 0 Å². The second-order valence-electron chi connectivity index (χ2n) is 5.03. The number of rotatable bonds is 3. The van der Waals surface area contributed by atoms with Crippen molar-refractivity contribution in [1.82, 2.24) is 0 Å². The maximum atomic E-state index is 11.7. The van der Waals surface area contributed by atoms with E-state index in [4.69, 9.17) is 21.4 Å². The van der Waals surface area contributed by atoms with Crippen molar-refractivity contribution in [1.29, 1.82) is 0 Å². The Hall–Kier alpha value is -2.01. The van der Waals surface area contributed by atoms with Crippen LogP contribution in [0.5, 0.6) is 0 Å². The summed E-state index contributed by atoms with van der Waals surface area (Å²) < 4.78 is 5.13. The van der Waals surface area contributed by atoms with E-state index < -0.39 is 17.7 Å². The number of hydrogen-bond donors (Lipinski definition) is 2. The fraction of sp³-hybridized carbons (Fsp3) is 0.286. The maximum Gasteiger partial charge on any atom is 0.412 e. The van der Waals surface area contributed by atoms with Crippen LogP contribution in [0.2, 0.25) is 5.02 Å². The van der Waals surface area contributed by atoms with Gasteiger partial charge in [0.05, 0.1) is 5.69 Å². The highest BCUT2D eigenvalue weighted by Crippen LogP contribution is 2.23. The number of halogens is 1. The van der Waals surface area contributed by atoms with Gasteiger partial charge >= 0.3 is 12.1 Å². The number of ether oxygens (including phenoxy) is 1. The van der Waals surface area contributed by atoms with Crippen LogP contribution in [0, 0.1) is 0 Å². The van der Waals surface area contributed by atoms with Crippen molar-refractivity contribution in [3.05, 3.63) is 34.9 Å². The Labute approximate surface area is 122 Å². The Bertz CT molecular complexity index is 547. The molecule has 5 nitrogen and oxygen atoms in total. The molecule has 0 atom stereocenters. The summed E-state index contributed by atoms with van der Waals surface area (Å²) in [4.78, 5) is 22.2. The molecule has 0 aliphatic rings. The zero-order valence-electron chi connectivity index (χ0n) is 11.4. The van der Waals surface area contributed by atoms with Gasteiger partial charge in [-0.3, -0.25) is 5.32 Å². The summed E-state index contributed by atoms with van der Waals surface area (Å²) in [6.45, 7) is 5.25. The van der Waals surface area contributed by atoms with Gasteiger partial charge in [-0.2, -0.15) is 0 Å². The molecule has 6 heteroatoms. The van der Waals surface area contributed by atoms with Gasteiger partial charge in [0.1, 0.15) is 5.60 Å². The summed E-state index contributed by atoms with van der Waals surface area (Å²) in [6, 6.07) is 4.72. The summed E-state index contributed by atoms with van der Waals surface area (Å²) in [5, 5.41) is 11.6. The fourth-order valence-electron chi connectivity index (χ4n) is 1.36. The average molecular weight is 298 g/mol. The van der Waals surface area contributed by atoms with E-state index in [1.807, 2.05) is 0 Å². The topological polar surface area (TPSA) is 75.6 Å². The highest BCUT2D eigenvalue weighted by molar-refractivity contribution is 6.30. The highest BCUT2D eigenvalue weighted by atomic mass is 35.5. The first-order chi connectivity index (χ1) is 9.17. The third-order valence-electron chi connectivity index (χ3n) is 2.05. The van der Waals surface area contributed by atoms with Crippen LogP contribution >= 0.6 is 11.6 Å². The van der Waals surface area contributed by atoms with Gasteiger partial charge < -0.3 is 9.84 Å². The third kappa shape index (κ3) is 5.75. The molecule has 20 heavy (non-hydrogen) atoms. The minimum atomic E-state index is -1.09. The minimum absolute atomic E-state index is 0.418. The maximum absolute atomic E-state index is 11.7. The van der Waals surface area contributed by atoms with Crippen LogP contribution in [0.25, 0.3) is 6.08 Å². The van der Waals surface area contributed by atoms with Crippen LogP contribution in [0.1, 0.15) is 26.3 Å². The molecule has 0 heterocycles. The SMILES string of the molecule is CC(C)(C)OC(=O)Nc1ccc(Cl)cc1/C=C/C(=O)O. The second kappa shape index (κ2) is 6.43. The van der Waals surface area contributed by atoms with Gasteiger partial charge in [0.15, 0.2) is 0 Å². The quantitative estimate of drug-likeness (QED) is 0.832. The Morgan fingerprint density at radius 2 is 2.00 bits per heavy atom. The van der Waals surface area contributed by atoms with Crippen molar-refractivity contribution in [2.75, 3.05) is 5.32 Å². The van der Waals surface area contributed by atoms with E-state index in [1.54, 1.807) is 39.0 Å². The number of carboxylic acid groups (broad SMARTS) is 1. The number of aliphatic carboxylic acids is 1. The van der Waals surface area contributed by atoms with Crippen LogP contribution in [0.3, 0.4) is 0 Å². The second-order valence-corrected chi connectivity index (χ2v) is 5.47. The van der Waals surface area contributed by atoms with E-state index in [0.29, 0.717) is 16.3 Å². The number of anilines is 1. The molecule has 0 fully saturated rings. The molecule has 0 aliphatic carbocycles. The summed E-state index contributed by atoms with van der Waals surface area (Å²) in [6.07, 6.45) is 1.69. The number of amides is 1. The van der Waals surface area contributed by atoms with Crippen LogP contribution < -0.4 is 5.32 Å². The molecule has 1 amide bonds. The Balaban J connectivity index is 2.94. The van der Waals surface area contributed by atoms with Crippen molar-refractivity contribution in [3.8, 4) is 0 Å². The molecule has 108 valence electrons. The largest absolute Gasteiger partial charge is 0.478 e. The molecular formula is C14H16ClNO4. The lowest BCUT2D eigenvalue weighted by molar-refractivity contribution is -0.131. The lowest BCUT2D eigenvalue weighted by Crippen LogP contribution is -2.27. The molecule has 0 aliphatic heterocycles. The summed E-state index contributed by atoms with van der Waals surface area (Å²) in [5.41, 5.74) is 0.278. The monoisotopic (exact) mass is 297 g/mol. The molecule has 0 saturated heterocycles. The first-order valence-electron chi connectivity index (χ1n) is 5.88. The number of carboxylic acids is 1. The Morgan fingerprint density at radius 1 is 1.35 bits per heavy atom. The molecular weight excluding hydrogens is 282 g/mol. The molecule has 0 spiro atoms. The van der Waals surface area contributed by atoms with E-state index in [1.165, 1.54) is 6.08 Å². The zero-order chi connectivity index (χ0) is 15.3. The van der Waals surface area contributed by atoms with Gasteiger partial charge in [0, 0.05) is 11.1 Å². The molecule has 0 unspecified atom stereocenters. The summed E-state index contributed by atoms with van der Waals surface area (Å²) in [5.74, 6) is -1.09. The zero-order valence-corrected chi connectivity index (χ0v) is 12.2. The van der Waals surface area contributed by atoms with Crippen LogP contribution in [-0.2, 0) is 9.53 Å². The van der Waals surface area contributed by atoms with Gasteiger partial charge in [0.25, 0.3) is 0 Å². The molecule has 0 saturated carbocycles. The molecule has 0 aromatic heterocycles. The molecule has 1 rings (SSSR count). The Kier molecular flexibility index (Phi) is 5.16. The highest BCUT2D eigenvalue weighted by Gasteiger charge is 2.17. The van der Waals surface area contributed by atoms with Crippen molar-refractivity contribution in [3.63, 3.8) is 0 Å².